The molecular formula is C26H23N5O. The number of aliphatic hydroxyl groups is 1. The van der Waals surface area contributed by atoms with E-state index in [4.69, 9.17) is 10.7 Å². The fourth-order valence-corrected chi connectivity index (χ4v) is 3.85. The summed E-state index contributed by atoms with van der Waals surface area (Å²) in [6.45, 7) is 1.81. The van der Waals surface area contributed by atoms with Crippen LogP contribution in [0.4, 0.5) is 0 Å². The molecule has 0 radical (unpaired) electrons. The minimum atomic E-state index is -0.150. The van der Waals surface area contributed by atoms with E-state index < -0.39 is 0 Å². The van der Waals surface area contributed by atoms with E-state index in [0.29, 0.717) is 11.5 Å². The summed E-state index contributed by atoms with van der Waals surface area (Å²) >= 11 is 0. The molecule has 0 saturated carbocycles. The monoisotopic (exact) mass is 421 g/mol. The summed E-state index contributed by atoms with van der Waals surface area (Å²) in [6, 6.07) is 25.8. The minimum Gasteiger partial charge on any atom is -0.390 e. The second kappa shape index (κ2) is 8.34. The molecule has 0 bridgehead atoms. The van der Waals surface area contributed by atoms with Crippen molar-refractivity contribution in [2.24, 2.45) is 5.73 Å². The van der Waals surface area contributed by atoms with Gasteiger partial charge < -0.3 is 10.8 Å². The van der Waals surface area contributed by atoms with E-state index >= 15 is 0 Å². The average molecular weight is 422 g/mol. The van der Waals surface area contributed by atoms with Crippen LogP contribution in [-0.4, -0.2) is 24.9 Å². The summed E-state index contributed by atoms with van der Waals surface area (Å²) in [5.41, 5.74) is 12.4. The zero-order valence-corrected chi connectivity index (χ0v) is 17.7. The maximum Gasteiger partial charge on any atom is 0.154 e. The number of aromatic nitrogens is 4. The first kappa shape index (κ1) is 20.1. The van der Waals surface area contributed by atoms with Crippen LogP contribution in [0.5, 0.6) is 0 Å². The molecule has 0 aliphatic rings. The molecule has 6 heteroatoms. The smallest absolute Gasteiger partial charge is 0.154 e. The molecule has 0 saturated heterocycles. The average Bonchev–Trinajstić information content (AvgIpc) is 3.28. The molecule has 32 heavy (non-hydrogen) atoms. The minimum absolute atomic E-state index is 0.123. The van der Waals surface area contributed by atoms with Crippen LogP contribution in [0.1, 0.15) is 24.4 Å². The molecule has 1 atom stereocenters. The Morgan fingerprint density at radius 3 is 2.50 bits per heavy atom. The molecule has 0 amide bonds. The van der Waals surface area contributed by atoms with Crippen LogP contribution >= 0.6 is 0 Å². The first-order chi connectivity index (χ1) is 15.6. The molecule has 5 aromatic rings. The van der Waals surface area contributed by atoms with E-state index in [2.05, 4.69) is 34.3 Å². The van der Waals surface area contributed by atoms with Crippen molar-refractivity contribution in [2.75, 3.05) is 0 Å². The van der Waals surface area contributed by atoms with Crippen molar-refractivity contribution in [3.8, 4) is 28.2 Å². The summed E-state index contributed by atoms with van der Waals surface area (Å²) in [4.78, 5) is 9.34. The van der Waals surface area contributed by atoms with Gasteiger partial charge in [-0.3, -0.25) is 4.98 Å². The number of benzene rings is 2. The van der Waals surface area contributed by atoms with E-state index in [9.17, 15) is 5.11 Å². The first-order valence-corrected chi connectivity index (χ1v) is 10.5. The summed E-state index contributed by atoms with van der Waals surface area (Å²) in [5.74, 6) is 0.653. The van der Waals surface area contributed by atoms with E-state index in [1.807, 2.05) is 61.7 Å². The van der Waals surface area contributed by atoms with Gasteiger partial charge in [-0.2, -0.15) is 5.10 Å². The van der Waals surface area contributed by atoms with Crippen LogP contribution in [-0.2, 0) is 6.61 Å². The van der Waals surface area contributed by atoms with Crippen molar-refractivity contribution >= 4 is 10.9 Å². The number of nitrogens with two attached hydrogens (primary N) is 1. The van der Waals surface area contributed by atoms with Crippen molar-refractivity contribution in [3.05, 3.63) is 96.4 Å². The predicted molar refractivity (Wildman–Crippen MR) is 126 cm³/mol. The van der Waals surface area contributed by atoms with Gasteiger partial charge in [-0.15, -0.1) is 0 Å². The molecule has 6 nitrogen and oxygen atoms in total. The summed E-state index contributed by atoms with van der Waals surface area (Å²) < 4.78 is 1.81. The van der Waals surface area contributed by atoms with E-state index in [0.717, 1.165) is 39.0 Å². The standard InChI is InChI=1S/C26H23N5O/c1-17(27)23-10-6-11-24(30-23)19-13-21(18-7-3-2-4-8-18)22-15-28-31(25(22)14-19)26-12-5-9-20(16-32)29-26/h2-15,17,32H,16,27H2,1H3. The third-order valence-electron chi connectivity index (χ3n) is 5.48. The molecule has 2 aromatic carbocycles. The maximum absolute atomic E-state index is 9.52. The normalized spacial score (nSPS) is 12.2. The van der Waals surface area contributed by atoms with Crippen LogP contribution < -0.4 is 5.73 Å². The maximum atomic E-state index is 9.52. The highest BCUT2D eigenvalue weighted by molar-refractivity contribution is 5.98. The number of nitrogens with zero attached hydrogens (tertiary/aromatic N) is 4. The van der Waals surface area contributed by atoms with Gasteiger partial charge in [0.1, 0.15) is 0 Å². The summed E-state index contributed by atoms with van der Waals surface area (Å²) in [5, 5.41) is 15.2. The lowest BCUT2D eigenvalue weighted by molar-refractivity contribution is 0.276. The molecule has 3 aromatic heterocycles. The van der Waals surface area contributed by atoms with Crippen LogP contribution in [0.2, 0.25) is 0 Å². The van der Waals surface area contributed by atoms with Gasteiger partial charge >= 0.3 is 0 Å². The molecular weight excluding hydrogens is 398 g/mol. The van der Waals surface area contributed by atoms with E-state index in [1.54, 1.807) is 10.7 Å². The van der Waals surface area contributed by atoms with Crippen LogP contribution in [0, 0.1) is 0 Å². The number of hydrogen-bond donors (Lipinski definition) is 2. The number of aliphatic hydroxyl groups excluding tert-OH is 1. The lowest BCUT2D eigenvalue weighted by Gasteiger charge is -2.12. The quantitative estimate of drug-likeness (QED) is 0.431. The van der Waals surface area contributed by atoms with Gasteiger partial charge in [0.25, 0.3) is 0 Å². The highest BCUT2D eigenvalue weighted by Crippen LogP contribution is 2.34. The Labute approximate surface area is 186 Å². The molecule has 5 rings (SSSR count). The Hall–Kier alpha value is -3.87. The van der Waals surface area contributed by atoms with Gasteiger partial charge in [-0.1, -0.05) is 42.5 Å². The Balaban J connectivity index is 1.77. The number of pyridine rings is 2. The summed E-state index contributed by atoms with van der Waals surface area (Å²) in [7, 11) is 0. The van der Waals surface area contributed by atoms with Gasteiger partial charge in [0.2, 0.25) is 0 Å². The van der Waals surface area contributed by atoms with E-state index in [-0.39, 0.29) is 12.6 Å². The third-order valence-corrected chi connectivity index (χ3v) is 5.48. The Kier molecular flexibility index (Phi) is 5.23. The molecule has 3 N–H and O–H groups in total. The topological polar surface area (TPSA) is 89.8 Å². The highest BCUT2D eigenvalue weighted by Gasteiger charge is 2.15. The Bertz CT molecular complexity index is 1390. The second-order valence-electron chi connectivity index (χ2n) is 7.76. The highest BCUT2D eigenvalue weighted by atomic mass is 16.3. The molecule has 0 aliphatic heterocycles. The Morgan fingerprint density at radius 1 is 0.906 bits per heavy atom. The molecule has 0 aliphatic carbocycles. The fourth-order valence-electron chi connectivity index (χ4n) is 3.85. The van der Waals surface area contributed by atoms with Crippen molar-refractivity contribution in [1.82, 2.24) is 19.7 Å². The second-order valence-corrected chi connectivity index (χ2v) is 7.76. The third kappa shape index (κ3) is 3.66. The van der Waals surface area contributed by atoms with Crippen molar-refractivity contribution in [3.63, 3.8) is 0 Å². The van der Waals surface area contributed by atoms with Crippen molar-refractivity contribution in [1.29, 1.82) is 0 Å². The number of rotatable bonds is 5. The molecule has 1 unspecified atom stereocenters. The molecule has 3 heterocycles. The molecule has 158 valence electrons. The zero-order valence-electron chi connectivity index (χ0n) is 17.7. The van der Waals surface area contributed by atoms with Crippen molar-refractivity contribution < 1.29 is 5.11 Å². The predicted octanol–water partition coefficient (Wildman–Crippen LogP) is 4.66. The van der Waals surface area contributed by atoms with Gasteiger partial charge in [-0.05, 0) is 54.4 Å². The fraction of sp³-hybridized carbons (Fsp3) is 0.115. The number of fused-ring (bicyclic) bond motifs is 1. The van der Waals surface area contributed by atoms with Crippen LogP contribution in [0.25, 0.3) is 39.1 Å². The first-order valence-electron chi connectivity index (χ1n) is 10.5. The number of hydrogen-bond acceptors (Lipinski definition) is 5. The zero-order chi connectivity index (χ0) is 22.1. The Morgan fingerprint density at radius 2 is 1.72 bits per heavy atom. The van der Waals surface area contributed by atoms with Gasteiger partial charge in [0.05, 0.1) is 35.4 Å². The SMILES string of the molecule is CC(N)c1cccc(-c2cc(-c3ccccc3)c3cnn(-c4cccc(CO)n4)c3c2)n1. The van der Waals surface area contributed by atoms with Gasteiger partial charge in [-0.25, -0.2) is 9.67 Å². The lowest BCUT2D eigenvalue weighted by atomic mass is 9.97. The van der Waals surface area contributed by atoms with Crippen molar-refractivity contribution in [2.45, 2.75) is 19.6 Å². The molecule has 0 fully saturated rings. The van der Waals surface area contributed by atoms with Crippen LogP contribution in [0.3, 0.4) is 0 Å². The van der Waals surface area contributed by atoms with Gasteiger partial charge in [0, 0.05) is 17.0 Å². The van der Waals surface area contributed by atoms with Crippen LogP contribution in [0.15, 0.2) is 85.1 Å². The summed E-state index contributed by atoms with van der Waals surface area (Å²) in [6.07, 6.45) is 1.86. The van der Waals surface area contributed by atoms with Gasteiger partial charge in [0.15, 0.2) is 5.82 Å². The largest absolute Gasteiger partial charge is 0.390 e. The molecule has 0 spiro atoms. The lowest BCUT2D eigenvalue weighted by Crippen LogP contribution is -2.07. The van der Waals surface area contributed by atoms with E-state index in [1.165, 1.54) is 0 Å².